The molecule has 4 rings (SSSR count). The number of aromatic amines is 1. The lowest BCUT2D eigenvalue weighted by Crippen LogP contribution is -2.27. The zero-order valence-corrected chi connectivity index (χ0v) is 13.4. The van der Waals surface area contributed by atoms with Crippen molar-refractivity contribution in [2.45, 2.75) is 18.9 Å². The average molecular weight is 336 g/mol. The van der Waals surface area contributed by atoms with Gasteiger partial charge in [0, 0.05) is 24.8 Å². The first-order valence-corrected chi connectivity index (χ1v) is 8.03. The van der Waals surface area contributed by atoms with Gasteiger partial charge in [0.15, 0.2) is 5.65 Å². The van der Waals surface area contributed by atoms with Crippen LogP contribution in [0.25, 0.3) is 22.4 Å². The third kappa shape index (κ3) is 2.64. The lowest BCUT2D eigenvalue weighted by atomic mass is 10.1. The molecule has 0 saturated carbocycles. The van der Waals surface area contributed by atoms with E-state index in [-0.39, 0.29) is 17.7 Å². The Morgan fingerprint density at radius 2 is 1.96 bits per heavy atom. The first-order chi connectivity index (χ1) is 12.2. The number of nitrogens with two attached hydrogens (primary N) is 1. The molecule has 3 aromatic rings. The summed E-state index contributed by atoms with van der Waals surface area (Å²) in [7, 11) is 0. The van der Waals surface area contributed by atoms with E-state index in [9.17, 15) is 4.79 Å². The van der Waals surface area contributed by atoms with Crippen LogP contribution in [0.2, 0.25) is 0 Å². The SMILES string of the molecule is N#Cc1ccc(-c2nc(N)nc3c2[nH]c(=O)n3C2CCOCC2)cc1. The molecule has 1 saturated heterocycles. The molecule has 0 aliphatic carbocycles. The van der Waals surface area contributed by atoms with Gasteiger partial charge in [0.05, 0.1) is 11.6 Å². The van der Waals surface area contributed by atoms with Crippen LogP contribution in [-0.4, -0.2) is 32.7 Å². The van der Waals surface area contributed by atoms with E-state index in [2.05, 4.69) is 21.0 Å². The first kappa shape index (κ1) is 15.4. The Morgan fingerprint density at radius 3 is 2.64 bits per heavy atom. The summed E-state index contributed by atoms with van der Waals surface area (Å²) < 4.78 is 7.03. The number of nitriles is 1. The third-order valence-corrected chi connectivity index (χ3v) is 4.43. The Labute approximate surface area is 142 Å². The minimum Gasteiger partial charge on any atom is -0.381 e. The second-order valence-electron chi connectivity index (χ2n) is 5.96. The number of rotatable bonds is 2. The number of ether oxygens (including phenoxy) is 1. The minimum absolute atomic E-state index is 0.0260. The zero-order chi connectivity index (χ0) is 17.4. The maximum Gasteiger partial charge on any atom is 0.327 e. The first-order valence-electron chi connectivity index (χ1n) is 8.03. The monoisotopic (exact) mass is 336 g/mol. The third-order valence-electron chi connectivity index (χ3n) is 4.43. The van der Waals surface area contributed by atoms with E-state index < -0.39 is 0 Å². The molecule has 2 aromatic heterocycles. The van der Waals surface area contributed by atoms with Crippen LogP contribution < -0.4 is 11.4 Å². The van der Waals surface area contributed by atoms with Gasteiger partial charge in [0.1, 0.15) is 11.2 Å². The van der Waals surface area contributed by atoms with Gasteiger partial charge in [-0.1, -0.05) is 12.1 Å². The maximum atomic E-state index is 12.5. The predicted molar refractivity (Wildman–Crippen MR) is 91.8 cm³/mol. The number of fused-ring (bicyclic) bond motifs is 1. The van der Waals surface area contributed by atoms with E-state index in [4.69, 9.17) is 15.7 Å². The van der Waals surface area contributed by atoms with E-state index in [1.165, 1.54) is 0 Å². The summed E-state index contributed by atoms with van der Waals surface area (Å²) in [5, 5.41) is 8.94. The highest BCUT2D eigenvalue weighted by Crippen LogP contribution is 2.28. The largest absolute Gasteiger partial charge is 0.381 e. The Bertz CT molecular complexity index is 1020. The Kier molecular flexibility index (Phi) is 3.71. The van der Waals surface area contributed by atoms with Gasteiger partial charge >= 0.3 is 5.69 Å². The molecule has 0 unspecified atom stereocenters. The molecule has 1 aromatic carbocycles. The van der Waals surface area contributed by atoms with Crippen LogP contribution in [0.3, 0.4) is 0 Å². The van der Waals surface area contributed by atoms with Crippen molar-refractivity contribution in [1.82, 2.24) is 19.5 Å². The summed E-state index contributed by atoms with van der Waals surface area (Å²) in [6.45, 7) is 1.24. The number of hydrogen-bond donors (Lipinski definition) is 2. The number of nitrogens with zero attached hydrogens (tertiary/aromatic N) is 4. The van der Waals surface area contributed by atoms with Crippen molar-refractivity contribution >= 4 is 17.1 Å². The van der Waals surface area contributed by atoms with Crippen LogP contribution in [0.5, 0.6) is 0 Å². The molecule has 0 amide bonds. The Hall–Kier alpha value is -3.18. The number of anilines is 1. The van der Waals surface area contributed by atoms with Crippen molar-refractivity contribution in [1.29, 1.82) is 5.26 Å². The standard InChI is InChI=1S/C17H16N6O2/c18-9-10-1-3-11(4-2-10)13-14-15(22-16(19)20-13)23(17(24)21-14)12-5-7-25-8-6-12/h1-4,12H,5-8H2,(H,21,24)(H2,19,20,22). The van der Waals surface area contributed by atoms with Crippen molar-refractivity contribution < 1.29 is 4.74 Å². The van der Waals surface area contributed by atoms with Crippen LogP contribution in [-0.2, 0) is 4.74 Å². The minimum atomic E-state index is -0.225. The number of H-pyrrole nitrogens is 1. The zero-order valence-electron chi connectivity index (χ0n) is 13.4. The number of nitrogen functional groups attached to an aromatic ring is 1. The molecule has 1 aliphatic heterocycles. The maximum absolute atomic E-state index is 12.5. The van der Waals surface area contributed by atoms with Gasteiger partial charge in [-0.3, -0.25) is 4.57 Å². The summed E-state index contributed by atoms with van der Waals surface area (Å²) in [5.41, 5.74) is 8.59. The molecule has 0 spiro atoms. The molecule has 0 bridgehead atoms. The molecular formula is C17H16N6O2. The Balaban J connectivity index is 1.91. The van der Waals surface area contributed by atoms with Crippen LogP contribution in [0.1, 0.15) is 24.4 Å². The molecule has 0 atom stereocenters. The summed E-state index contributed by atoms with van der Waals surface area (Å²) in [4.78, 5) is 24.0. The van der Waals surface area contributed by atoms with E-state index in [1.54, 1.807) is 28.8 Å². The highest BCUT2D eigenvalue weighted by atomic mass is 16.5. The van der Waals surface area contributed by atoms with E-state index in [0.29, 0.717) is 35.6 Å². The fourth-order valence-electron chi connectivity index (χ4n) is 3.21. The van der Waals surface area contributed by atoms with Crippen LogP contribution in [0, 0.1) is 11.3 Å². The highest BCUT2D eigenvalue weighted by molar-refractivity contribution is 5.88. The van der Waals surface area contributed by atoms with E-state index in [1.807, 2.05) is 0 Å². The van der Waals surface area contributed by atoms with Gasteiger partial charge in [0.25, 0.3) is 0 Å². The van der Waals surface area contributed by atoms with Crippen molar-refractivity contribution in [2.24, 2.45) is 0 Å². The smallest absolute Gasteiger partial charge is 0.327 e. The molecular weight excluding hydrogens is 320 g/mol. The topological polar surface area (TPSA) is 123 Å². The van der Waals surface area contributed by atoms with Crippen molar-refractivity contribution in [2.75, 3.05) is 18.9 Å². The number of hydrogen-bond acceptors (Lipinski definition) is 6. The molecule has 3 heterocycles. The van der Waals surface area contributed by atoms with Crippen molar-refractivity contribution in [3.05, 3.63) is 40.3 Å². The molecule has 25 heavy (non-hydrogen) atoms. The molecule has 126 valence electrons. The van der Waals surface area contributed by atoms with Crippen molar-refractivity contribution in [3.8, 4) is 17.3 Å². The molecule has 1 fully saturated rings. The summed E-state index contributed by atoms with van der Waals surface area (Å²) >= 11 is 0. The van der Waals surface area contributed by atoms with Gasteiger partial charge < -0.3 is 15.5 Å². The van der Waals surface area contributed by atoms with Gasteiger partial charge in [-0.25, -0.2) is 9.78 Å². The molecule has 0 radical (unpaired) electrons. The molecule has 1 aliphatic rings. The molecule has 8 nitrogen and oxygen atoms in total. The lowest BCUT2D eigenvalue weighted by molar-refractivity contribution is 0.0697. The summed E-state index contributed by atoms with van der Waals surface area (Å²) in [5.74, 6) is 0.103. The second-order valence-corrected chi connectivity index (χ2v) is 5.96. The molecule has 8 heteroatoms. The molecule has 3 N–H and O–H groups in total. The lowest BCUT2D eigenvalue weighted by Gasteiger charge is -2.22. The fourth-order valence-corrected chi connectivity index (χ4v) is 3.21. The number of nitrogens with one attached hydrogen (secondary N) is 1. The van der Waals surface area contributed by atoms with Gasteiger partial charge in [-0.05, 0) is 25.0 Å². The summed E-state index contributed by atoms with van der Waals surface area (Å²) in [6.07, 6.45) is 1.51. The fraction of sp³-hybridized carbons (Fsp3) is 0.294. The Morgan fingerprint density at radius 1 is 1.24 bits per heavy atom. The quantitative estimate of drug-likeness (QED) is 0.732. The van der Waals surface area contributed by atoms with Crippen LogP contribution in [0.15, 0.2) is 29.1 Å². The van der Waals surface area contributed by atoms with Crippen molar-refractivity contribution in [3.63, 3.8) is 0 Å². The number of imidazole rings is 1. The van der Waals surface area contributed by atoms with Crippen LogP contribution >= 0.6 is 0 Å². The van der Waals surface area contributed by atoms with Gasteiger partial charge in [-0.2, -0.15) is 10.2 Å². The van der Waals surface area contributed by atoms with Gasteiger partial charge in [-0.15, -0.1) is 0 Å². The summed E-state index contributed by atoms with van der Waals surface area (Å²) in [6, 6.07) is 9.07. The normalized spacial score (nSPS) is 15.3. The van der Waals surface area contributed by atoms with E-state index in [0.717, 1.165) is 18.4 Å². The van der Waals surface area contributed by atoms with Crippen LogP contribution in [0.4, 0.5) is 5.95 Å². The second kappa shape index (κ2) is 6.03. The predicted octanol–water partition coefficient (Wildman–Crippen LogP) is 1.59. The number of benzene rings is 1. The highest BCUT2D eigenvalue weighted by Gasteiger charge is 2.23. The average Bonchev–Trinajstić information content (AvgIpc) is 2.97. The van der Waals surface area contributed by atoms with E-state index >= 15 is 0 Å². The van der Waals surface area contributed by atoms with Gasteiger partial charge in [0.2, 0.25) is 5.95 Å². The number of aromatic nitrogens is 4.